The van der Waals surface area contributed by atoms with Gasteiger partial charge in [-0.1, -0.05) is 88.2 Å². The second-order valence-corrected chi connectivity index (χ2v) is 38.7. The standard InChI is InChI=1S/C17H24N2O2.2C16H19N3O.C16H20N2O2.C15H20N2O.C15H22O4/c1-11-14-5-4-13-10-18-12(2)19-15(13)16(14,3)6-7-17(11)20-8-9-21-17;1-9-13-5-4-11-7-17-10(2)19-15(11)16(13,3)6-12-8-18-20-14(9)12;1-9-12-6-5-11-8-18-10(2)19-15(11)16(12,3)7-13(17-4)14(9)20;1-9-13-5-4-11-7-17-10(2)18-15(11)16(13,3)6-12(8-19)14(9)20;1-9-12-5-4-11-8-16-10(2)17-14(11)15(12,3)7-6-13(9)18;1-10-12-4-3-11(9-16)13(17)14(12,2)5-6-15(10)18-7-8-19-15/h10-11,14H,4-9H2,1-3H3;7-9,13H,4-6H2,1-3H3;8-9,12,20H,5-7H2,1-3H3;7-9,13,19H,4-6H2,1-3H3;8-9,12H,4-7H2,1-3H3;9-10,12,16H,3-8H2,1-2H3/b;;;12-8-;;11-9+/t11-,14-,16-;9-,13-,16-;9-,12-,16-;9-,13-,16-;9-,12-,15-;10-,12-,14-/m000000/s1. The molecule has 0 unspecified atom stereocenters. The summed E-state index contributed by atoms with van der Waals surface area (Å²) in [6.07, 6.45) is 33.3. The number of fused-ring (bicyclic) bond motifs is 17. The minimum Gasteiger partial charge on any atom is -0.523 e. The molecule has 23 heteroatoms. The maximum absolute atomic E-state index is 12.6. The molecule has 8 heterocycles. The summed E-state index contributed by atoms with van der Waals surface area (Å²) in [5.41, 5.74) is 14.7. The SMILES string of the molecule is C[C@H]1[C@@H]2CC/C(=C\O)C(=O)[C@@]2(C)CCC12OCCO2.Cc1ncc2c(n1)[C@@]1(C)C/C(=C/O)C(=O)[C@@H](C)[C@@H]1CC2.Cc1ncc2c(n1)[C@@]1(C)CCC(=O)[C@@H](C)[C@@H]1CC2.Cc1ncc2c(n1)[C@@]1(C)CCC3(OCCO3)[C@@H](C)[C@@H]1CC2.Cc1ncc2c(n1)[C@@]1(C)Cc3cnoc3[C@@H](C)[C@@H]1CC2.[C-]#[N+]C1=C(O)[C@@H](C)[C@@H]2CCc3cnc(C)nc3[C@@]2(C)C1. The number of aliphatic hydroxyl groups excluding tert-OH is 3. The third kappa shape index (κ3) is 14.4. The summed E-state index contributed by atoms with van der Waals surface area (Å²) in [4.78, 5) is 85.7. The van der Waals surface area contributed by atoms with Gasteiger partial charge in [0.25, 0.3) is 0 Å². The Morgan fingerprint density at radius 2 is 0.771 bits per heavy atom. The van der Waals surface area contributed by atoms with Crippen LogP contribution < -0.4 is 0 Å². The average molecular weight is 1610 g/mol. The minimum absolute atomic E-state index is 0.0290. The number of allylic oxidation sites excluding steroid dienone is 4. The van der Waals surface area contributed by atoms with Crippen LogP contribution in [0.4, 0.5) is 0 Å². The second kappa shape index (κ2) is 32.2. The van der Waals surface area contributed by atoms with Crippen LogP contribution in [0.3, 0.4) is 0 Å². The van der Waals surface area contributed by atoms with Crippen molar-refractivity contribution in [1.29, 1.82) is 0 Å². The second-order valence-electron chi connectivity index (χ2n) is 38.7. The number of rotatable bonds is 0. The third-order valence-corrected chi connectivity index (χ3v) is 32.3. The van der Waals surface area contributed by atoms with Gasteiger partial charge in [0, 0.05) is 135 Å². The van der Waals surface area contributed by atoms with E-state index in [1.54, 1.807) is 0 Å². The van der Waals surface area contributed by atoms with Gasteiger partial charge < -0.3 is 38.8 Å². The highest BCUT2D eigenvalue weighted by Crippen LogP contribution is 2.61. The topological polar surface area (TPSA) is 308 Å². The molecule has 12 aliphatic carbocycles. The van der Waals surface area contributed by atoms with Crippen LogP contribution in [-0.2, 0) is 98.9 Å². The Morgan fingerprint density at radius 1 is 0.407 bits per heavy atom. The van der Waals surface area contributed by atoms with Gasteiger partial charge in [-0.2, -0.15) is 0 Å². The van der Waals surface area contributed by atoms with Gasteiger partial charge in [-0.25, -0.2) is 54.7 Å². The Kier molecular flexibility index (Phi) is 23.1. The Hall–Kier alpha value is -8.43. The molecule has 2 saturated heterocycles. The zero-order valence-electron chi connectivity index (χ0n) is 72.7. The number of ether oxygens (including phenoxy) is 4. The zero-order chi connectivity index (χ0) is 84.1. The molecule has 23 nitrogen and oxygen atoms in total. The molecule has 6 aromatic heterocycles. The Bertz CT molecular complexity index is 5020. The van der Waals surface area contributed by atoms with Gasteiger partial charge in [-0.15, -0.1) is 0 Å². The van der Waals surface area contributed by atoms with E-state index in [-0.39, 0.29) is 85.2 Å². The molecule has 0 radical (unpaired) electrons. The molecule has 0 bridgehead atoms. The molecule has 2 spiro atoms. The Balaban J connectivity index is 0.000000111. The van der Waals surface area contributed by atoms with E-state index in [0.29, 0.717) is 103 Å². The highest BCUT2D eigenvalue weighted by Gasteiger charge is 2.62. The maximum atomic E-state index is 12.6. The number of hydrogen-bond donors (Lipinski definition) is 3. The third-order valence-electron chi connectivity index (χ3n) is 32.3. The largest absolute Gasteiger partial charge is 0.523 e. The summed E-state index contributed by atoms with van der Waals surface area (Å²) in [5.74, 6) is 9.09. The predicted molar refractivity (Wildman–Crippen MR) is 444 cm³/mol. The maximum Gasteiger partial charge on any atom is 0.203 e. The van der Waals surface area contributed by atoms with Crippen LogP contribution in [0.2, 0.25) is 0 Å². The number of carbonyl (C=O) groups excluding carboxylic acids is 3. The van der Waals surface area contributed by atoms with Gasteiger partial charge in [0.2, 0.25) is 5.70 Å². The number of nitrogens with zero attached hydrogens (tertiary/aromatic N) is 12. The molecule has 14 aliphatic rings. The molecule has 7 fully saturated rings. The Labute approximate surface area is 696 Å². The van der Waals surface area contributed by atoms with Gasteiger partial charge in [0.05, 0.1) is 85.9 Å². The first-order valence-electron chi connectivity index (χ1n) is 43.9. The van der Waals surface area contributed by atoms with Crippen LogP contribution in [0.1, 0.15) is 282 Å². The number of aromatic nitrogens is 11. The smallest absolute Gasteiger partial charge is 0.203 e. The van der Waals surface area contributed by atoms with E-state index >= 15 is 0 Å². The molecule has 630 valence electrons. The van der Waals surface area contributed by atoms with Crippen LogP contribution in [0.5, 0.6) is 0 Å². The van der Waals surface area contributed by atoms with Gasteiger partial charge in [0.15, 0.2) is 23.1 Å². The fourth-order valence-electron chi connectivity index (χ4n) is 25.6. The van der Waals surface area contributed by atoms with Crippen molar-refractivity contribution >= 4 is 17.3 Å². The highest BCUT2D eigenvalue weighted by atomic mass is 16.7. The van der Waals surface area contributed by atoms with Crippen molar-refractivity contribution in [1.82, 2.24) is 55.0 Å². The Morgan fingerprint density at radius 3 is 1.21 bits per heavy atom. The fraction of sp³-hybridized carbons (Fsp3) is 0.653. The minimum atomic E-state index is -0.467. The van der Waals surface area contributed by atoms with E-state index < -0.39 is 5.79 Å². The van der Waals surface area contributed by atoms with E-state index in [0.717, 1.165) is 168 Å². The lowest BCUT2D eigenvalue weighted by molar-refractivity contribution is -0.241. The summed E-state index contributed by atoms with van der Waals surface area (Å²) in [6, 6.07) is 0. The number of carbonyl (C=O) groups is 3. The lowest BCUT2D eigenvalue weighted by atomic mass is 9.54. The molecule has 3 N–H and O–H groups in total. The molecule has 5 saturated carbocycles. The van der Waals surface area contributed by atoms with E-state index in [1.165, 1.54) is 63.3 Å². The van der Waals surface area contributed by atoms with Crippen LogP contribution >= 0.6 is 0 Å². The van der Waals surface area contributed by atoms with Crippen molar-refractivity contribution in [2.45, 2.75) is 297 Å². The first-order valence-corrected chi connectivity index (χ1v) is 43.9. The van der Waals surface area contributed by atoms with Gasteiger partial charge in [-0.3, -0.25) is 14.4 Å². The van der Waals surface area contributed by atoms with Crippen LogP contribution in [0.15, 0.2) is 76.8 Å². The van der Waals surface area contributed by atoms with Crippen LogP contribution in [0.25, 0.3) is 4.85 Å². The molecule has 2 aliphatic heterocycles. The monoisotopic (exact) mass is 1610 g/mol. The lowest BCUT2D eigenvalue weighted by Gasteiger charge is -2.54. The average Bonchev–Trinajstić information content (AvgIpc) is 1.21. The van der Waals surface area contributed by atoms with Crippen molar-refractivity contribution in [2.24, 2.45) is 70.5 Å². The number of hydrogen-bond acceptors (Lipinski definition) is 22. The van der Waals surface area contributed by atoms with E-state index in [1.807, 2.05) is 92.6 Å². The molecule has 18 atom stereocenters. The van der Waals surface area contributed by atoms with E-state index in [9.17, 15) is 29.7 Å². The van der Waals surface area contributed by atoms with Crippen molar-refractivity contribution in [3.63, 3.8) is 0 Å². The summed E-state index contributed by atoms with van der Waals surface area (Å²) in [6.45, 7) is 46.1. The van der Waals surface area contributed by atoms with Crippen LogP contribution in [-0.4, -0.2) is 126 Å². The van der Waals surface area contributed by atoms with E-state index in [4.69, 9.17) is 45.0 Å². The molecule has 20 rings (SSSR count). The van der Waals surface area contributed by atoms with Crippen molar-refractivity contribution in [3.05, 3.63) is 180 Å². The molecule has 0 amide bonds. The number of ketones is 3. The highest BCUT2D eigenvalue weighted by molar-refractivity contribution is 6.00. The normalized spacial score (nSPS) is 35.7. The fourth-order valence-corrected chi connectivity index (χ4v) is 25.6. The zero-order valence-corrected chi connectivity index (χ0v) is 72.7. The van der Waals surface area contributed by atoms with E-state index in [2.05, 4.69) is 107 Å². The number of Topliss-reactive ketones (excluding diaryl/α,β-unsaturated/α-hetero) is 3. The summed E-state index contributed by atoms with van der Waals surface area (Å²) >= 11 is 0. The first-order chi connectivity index (χ1) is 56.1. The summed E-state index contributed by atoms with van der Waals surface area (Å²) < 4.78 is 29.3. The molecular formula is C95H124N12O11. The van der Waals surface area contributed by atoms with Crippen LogP contribution in [0, 0.1) is 112 Å². The summed E-state index contributed by atoms with van der Waals surface area (Å²) in [7, 11) is 0. The number of aryl methyl sites for hydroxylation is 10. The van der Waals surface area contributed by atoms with Gasteiger partial charge >= 0.3 is 0 Å². The lowest BCUT2D eigenvalue weighted by Crippen LogP contribution is -2.56. The predicted octanol–water partition coefficient (Wildman–Crippen LogP) is 16.9. The van der Waals surface area contributed by atoms with Gasteiger partial charge in [-0.05, 0) is 214 Å². The molecule has 0 aromatic carbocycles. The van der Waals surface area contributed by atoms with Crippen molar-refractivity contribution in [2.75, 3.05) is 26.4 Å². The van der Waals surface area contributed by atoms with Crippen molar-refractivity contribution in [3.8, 4) is 0 Å². The van der Waals surface area contributed by atoms with Crippen molar-refractivity contribution < 1.29 is 53.2 Å². The first kappa shape index (κ1) is 84.6. The number of aliphatic hydroxyl groups is 3. The molecule has 118 heavy (non-hydrogen) atoms. The quantitative estimate of drug-likeness (QED) is 0.0723. The molecular weight excluding hydrogens is 1490 g/mol. The molecule has 6 aromatic rings. The summed E-state index contributed by atoms with van der Waals surface area (Å²) in [5, 5.41) is 32.8. The van der Waals surface area contributed by atoms with Gasteiger partial charge in [0.1, 0.15) is 40.7 Å².